The molecule has 146 valence electrons. The molecule has 1 amide bonds. The molecule has 1 atom stereocenters. The Morgan fingerprint density at radius 1 is 1.32 bits per heavy atom. The SMILES string of the molecule is CC(=O)N1CCC(n2ccc3c(Nc4cnn(C)c(=O)c4C)c(Cl)ccc32)C1. The van der Waals surface area contributed by atoms with Crippen LogP contribution in [0.4, 0.5) is 11.4 Å². The molecule has 1 aromatic carbocycles. The van der Waals surface area contributed by atoms with Gasteiger partial charge in [0, 0.05) is 44.2 Å². The summed E-state index contributed by atoms with van der Waals surface area (Å²) in [5.74, 6) is 0.109. The van der Waals surface area contributed by atoms with Crippen LogP contribution >= 0.6 is 11.6 Å². The van der Waals surface area contributed by atoms with Crippen molar-refractivity contribution in [1.29, 1.82) is 0 Å². The fourth-order valence-electron chi connectivity index (χ4n) is 3.82. The molecule has 3 heterocycles. The van der Waals surface area contributed by atoms with Crippen LogP contribution in [0, 0.1) is 6.92 Å². The first-order chi connectivity index (χ1) is 13.4. The number of amides is 1. The lowest BCUT2D eigenvalue weighted by Crippen LogP contribution is -2.26. The van der Waals surface area contributed by atoms with Crippen LogP contribution in [0.3, 0.4) is 0 Å². The minimum absolute atomic E-state index is 0.109. The van der Waals surface area contributed by atoms with Gasteiger partial charge in [-0.2, -0.15) is 5.10 Å². The van der Waals surface area contributed by atoms with Crippen molar-refractivity contribution in [1.82, 2.24) is 19.2 Å². The molecule has 4 rings (SSSR count). The lowest BCUT2D eigenvalue weighted by Gasteiger charge is -2.17. The highest BCUT2D eigenvalue weighted by Gasteiger charge is 2.26. The molecule has 7 nitrogen and oxygen atoms in total. The first-order valence-corrected chi connectivity index (χ1v) is 9.59. The predicted octanol–water partition coefficient (Wildman–Crippen LogP) is 3.23. The summed E-state index contributed by atoms with van der Waals surface area (Å²) in [7, 11) is 1.62. The van der Waals surface area contributed by atoms with Crippen LogP contribution in [0.2, 0.25) is 5.02 Å². The fraction of sp³-hybridized carbons (Fsp3) is 0.350. The number of rotatable bonds is 3. The van der Waals surface area contributed by atoms with Crippen molar-refractivity contribution in [2.75, 3.05) is 18.4 Å². The highest BCUT2D eigenvalue weighted by molar-refractivity contribution is 6.35. The van der Waals surface area contributed by atoms with Gasteiger partial charge in [0.2, 0.25) is 5.91 Å². The molecule has 8 heteroatoms. The number of aryl methyl sites for hydroxylation is 1. The molecule has 2 aromatic heterocycles. The molecule has 0 aliphatic carbocycles. The topological polar surface area (TPSA) is 72.2 Å². The average molecular weight is 400 g/mol. The van der Waals surface area contributed by atoms with E-state index in [0.717, 1.165) is 29.6 Å². The number of carbonyl (C=O) groups is 1. The minimum atomic E-state index is -0.152. The van der Waals surface area contributed by atoms with E-state index in [1.807, 2.05) is 29.3 Å². The molecule has 1 unspecified atom stereocenters. The van der Waals surface area contributed by atoms with Crippen molar-refractivity contribution in [3.8, 4) is 0 Å². The Balaban J connectivity index is 1.74. The highest BCUT2D eigenvalue weighted by Crippen LogP contribution is 2.36. The van der Waals surface area contributed by atoms with Gasteiger partial charge in [0.25, 0.3) is 5.56 Å². The summed E-state index contributed by atoms with van der Waals surface area (Å²) in [6.07, 6.45) is 4.59. The fourth-order valence-corrected chi connectivity index (χ4v) is 4.04. The number of anilines is 2. The molecule has 1 aliphatic heterocycles. The molecule has 0 radical (unpaired) electrons. The third-order valence-corrected chi connectivity index (χ3v) is 5.81. The maximum absolute atomic E-state index is 12.2. The molecule has 0 bridgehead atoms. The minimum Gasteiger partial charge on any atom is -0.352 e. The van der Waals surface area contributed by atoms with Crippen molar-refractivity contribution in [2.24, 2.45) is 7.05 Å². The van der Waals surface area contributed by atoms with E-state index in [1.165, 1.54) is 4.68 Å². The molecule has 3 aromatic rings. The van der Waals surface area contributed by atoms with E-state index in [0.29, 0.717) is 22.8 Å². The standard InChI is InChI=1S/C20H22ClN5O2/c1-12-17(10-22-24(3)20(12)28)23-19-15-7-9-26(18(15)5-4-16(19)21)14-6-8-25(11-14)13(2)27/h4-5,7,9-10,14,23H,6,8,11H2,1-3H3. The van der Waals surface area contributed by atoms with Crippen molar-refractivity contribution in [3.05, 3.63) is 51.5 Å². The number of likely N-dealkylation sites (tertiary alicyclic amines) is 1. The summed E-state index contributed by atoms with van der Waals surface area (Å²) in [5.41, 5.74) is 2.85. The van der Waals surface area contributed by atoms with E-state index >= 15 is 0 Å². The van der Waals surface area contributed by atoms with Crippen LogP contribution in [0.15, 0.2) is 35.4 Å². The molecule has 1 fully saturated rings. The van der Waals surface area contributed by atoms with Crippen LogP contribution in [0.25, 0.3) is 10.9 Å². The molecule has 1 aliphatic rings. The Labute approximate surface area is 167 Å². The molecular weight excluding hydrogens is 378 g/mol. The molecule has 0 saturated carbocycles. The second kappa shape index (κ2) is 6.98. The van der Waals surface area contributed by atoms with Gasteiger partial charge in [-0.15, -0.1) is 0 Å². The number of benzene rings is 1. The number of nitrogens with one attached hydrogen (secondary N) is 1. The molecule has 1 saturated heterocycles. The Hall–Kier alpha value is -2.80. The maximum atomic E-state index is 12.2. The Morgan fingerprint density at radius 3 is 2.82 bits per heavy atom. The number of halogens is 1. The first kappa shape index (κ1) is 18.6. The molecule has 0 spiro atoms. The van der Waals surface area contributed by atoms with Gasteiger partial charge in [-0.05, 0) is 31.5 Å². The lowest BCUT2D eigenvalue weighted by molar-refractivity contribution is -0.127. The second-order valence-electron chi connectivity index (χ2n) is 7.22. The zero-order chi connectivity index (χ0) is 20.0. The van der Waals surface area contributed by atoms with Crippen LogP contribution in [0.5, 0.6) is 0 Å². The van der Waals surface area contributed by atoms with Crippen molar-refractivity contribution in [2.45, 2.75) is 26.3 Å². The summed E-state index contributed by atoms with van der Waals surface area (Å²) < 4.78 is 3.51. The largest absolute Gasteiger partial charge is 0.352 e. The summed E-state index contributed by atoms with van der Waals surface area (Å²) >= 11 is 6.48. The van der Waals surface area contributed by atoms with Crippen molar-refractivity contribution >= 4 is 39.8 Å². The Kier molecular flexibility index (Phi) is 4.63. The van der Waals surface area contributed by atoms with E-state index in [1.54, 1.807) is 27.1 Å². The van der Waals surface area contributed by atoms with E-state index in [4.69, 9.17) is 11.6 Å². The monoisotopic (exact) mass is 399 g/mol. The molecular formula is C20H22ClN5O2. The summed E-state index contributed by atoms with van der Waals surface area (Å²) in [6.45, 7) is 4.86. The first-order valence-electron chi connectivity index (χ1n) is 9.21. The number of carbonyl (C=O) groups excluding carboxylic acids is 1. The third-order valence-electron chi connectivity index (χ3n) is 5.49. The van der Waals surface area contributed by atoms with Gasteiger partial charge in [0.05, 0.1) is 34.2 Å². The van der Waals surface area contributed by atoms with Gasteiger partial charge in [-0.1, -0.05) is 11.6 Å². The van der Waals surface area contributed by atoms with Gasteiger partial charge in [0.1, 0.15) is 0 Å². The van der Waals surface area contributed by atoms with Gasteiger partial charge < -0.3 is 14.8 Å². The summed E-state index contributed by atoms with van der Waals surface area (Å²) in [5, 5.41) is 8.93. The summed E-state index contributed by atoms with van der Waals surface area (Å²) in [4.78, 5) is 25.7. The zero-order valence-corrected chi connectivity index (χ0v) is 16.8. The van der Waals surface area contributed by atoms with Crippen molar-refractivity contribution < 1.29 is 4.79 Å². The lowest BCUT2D eigenvalue weighted by atomic mass is 10.2. The Morgan fingerprint density at radius 2 is 2.11 bits per heavy atom. The normalized spacial score (nSPS) is 16.7. The van der Waals surface area contributed by atoms with E-state index in [-0.39, 0.29) is 17.5 Å². The second-order valence-corrected chi connectivity index (χ2v) is 7.63. The zero-order valence-electron chi connectivity index (χ0n) is 16.1. The Bertz CT molecular complexity index is 1130. The number of fused-ring (bicyclic) bond motifs is 1. The van der Waals surface area contributed by atoms with Gasteiger partial charge >= 0.3 is 0 Å². The van der Waals surface area contributed by atoms with Gasteiger partial charge in [-0.25, -0.2) is 4.68 Å². The quantitative estimate of drug-likeness (QED) is 0.733. The number of hydrogen-bond donors (Lipinski definition) is 1. The molecule has 28 heavy (non-hydrogen) atoms. The number of aromatic nitrogens is 3. The van der Waals surface area contributed by atoms with E-state index in [2.05, 4.69) is 15.0 Å². The number of hydrogen-bond acceptors (Lipinski definition) is 4. The van der Waals surface area contributed by atoms with Crippen LogP contribution in [-0.4, -0.2) is 38.2 Å². The third kappa shape index (κ3) is 3.05. The van der Waals surface area contributed by atoms with Crippen LogP contribution < -0.4 is 10.9 Å². The van der Waals surface area contributed by atoms with Crippen LogP contribution in [0.1, 0.15) is 24.9 Å². The molecule has 1 N–H and O–H groups in total. The smallest absolute Gasteiger partial charge is 0.271 e. The average Bonchev–Trinajstić information content (AvgIpc) is 3.31. The van der Waals surface area contributed by atoms with E-state index < -0.39 is 0 Å². The van der Waals surface area contributed by atoms with Crippen LogP contribution in [-0.2, 0) is 11.8 Å². The predicted molar refractivity (Wildman–Crippen MR) is 110 cm³/mol. The highest BCUT2D eigenvalue weighted by atomic mass is 35.5. The van der Waals surface area contributed by atoms with Gasteiger partial charge in [0.15, 0.2) is 0 Å². The number of nitrogens with zero attached hydrogens (tertiary/aromatic N) is 4. The maximum Gasteiger partial charge on any atom is 0.271 e. The van der Waals surface area contributed by atoms with E-state index in [9.17, 15) is 9.59 Å². The summed E-state index contributed by atoms with van der Waals surface area (Å²) in [6, 6.07) is 6.10. The van der Waals surface area contributed by atoms with Gasteiger partial charge in [-0.3, -0.25) is 9.59 Å². The van der Waals surface area contributed by atoms with Crippen molar-refractivity contribution in [3.63, 3.8) is 0 Å².